The number of nitrogens with zero attached hydrogens (tertiary/aromatic N) is 3. The van der Waals surface area contributed by atoms with Gasteiger partial charge in [0.1, 0.15) is 17.1 Å². The van der Waals surface area contributed by atoms with E-state index >= 15 is 0 Å². The first-order valence-corrected chi connectivity index (χ1v) is 13.6. The van der Waals surface area contributed by atoms with Gasteiger partial charge in [0, 0.05) is 27.3 Å². The summed E-state index contributed by atoms with van der Waals surface area (Å²) in [7, 11) is 1.50. The van der Waals surface area contributed by atoms with Gasteiger partial charge in [-0.05, 0) is 53.4 Å². The number of carbonyl (C=O) groups is 2. The molecule has 216 valence electrons. The van der Waals surface area contributed by atoms with E-state index in [0.29, 0.717) is 38.5 Å². The average molecular weight is 595 g/mol. The standard InChI is InChI=1S/C33H27ClN4O5/c1-43-30-14-11-21(18-38(20-40)25-8-3-2-4-9-25)15-29(30)36-37-31-26-10-6-5-7-22(26)16-27(32(31)41)33(42)35-28-17-24(34)13-12-23(28)19-39/h2-17,20,39,41H,18-19H2,1H3,(H,35,42). The number of phenols is 1. The molecule has 0 aliphatic heterocycles. The molecule has 0 aromatic heterocycles. The van der Waals surface area contributed by atoms with Crippen LogP contribution in [-0.2, 0) is 17.9 Å². The fourth-order valence-corrected chi connectivity index (χ4v) is 4.78. The molecular weight excluding hydrogens is 568 g/mol. The molecular formula is C33H27ClN4O5. The van der Waals surface area contributed by atoms with Crippen LogP contribution in [0.2, 0.25) is 5.02 Å². The molecule has 0 saturated heterocycles. The molecule has 0 bridgehead atoms. The Kier molecular flexibility index (Phi) is 8.95. The highest BCUT2D eigenvalue weighted by atomic mass is 35.5. The second-order valence-corrected chi connectivity index (χ2v) is 9.97. The van der Waals surface area contributed by atoms with Crippen molar-refractivity contribution in [3.63, 3.8) is 0 Å². The number of aliphatic hydroxyl groups is 1. The summed E-state index contributed by atoms with van der Waals surface area (Å²) in [5, 5.41) is 34.1. The van der Waals surface area contributed by atoms with Crippen molar-refractivity contribution in [2.45, 2.75) is 13.2 Å². The molecule has 0 spiro atoms. The van der Waals surface area contributed by atoms with Gasteiger partial charge in [-0.3, -0.25) is 9.59 Å². The Morgan fingerprint density at radius 2 is 1.74 bits per heavy atom. The Hall–Kier alpha value is -5.25. The van der Waals surface area contributed by atoms with Crippen molar-refractivity contribution in [3.8, 4) is 11.5 Å². The van der Waals surface area contributed by atoms with Gasteiger partial charge in [0.15, 0.2) is 5.75 Å². The van der Waals surface area contributed by atoms with E-state index in [2.05, 4.69) is 15.5 Å². The highest BCUT2D eigenvalue weighted by molar-refractivity contribution is 6.31. The number of phenolic OH excluding ortho intramolecular Hbond substituents is 1. The third kappa shape index (κ3) is 6.48. The van der Waals surface area contributed by atoms with Gasteiger partial charge in [-0.1, -0.05) is 66.2 Å². The van der Waals surface area contributed by atoms with E-state index < -0.39 is 5.91 Å². The third-order valence-electron chi connectivity index (χ3n) is 6.80. The van der Waals surface area contributed by atoms with Crippen molar-refractivity contribution in [2.24, 2.45) is 10.2 Å². The van der Waals surface area contributed by atoms with Crippen LogP contribution in [0.3, 0.4) is 0 Å². The number of nitrogens with one attached hydrogen (secondary N) is 1. The normalized spacial score (nSPS) is 11.0. The zero-order valence-electron chi connectivity index (χ0n) is 23.1. The minimum Gasteiger partial charge on any atom is -0.505 e. The summed E-state index contributed by atoms with van der Waals surface area (Å²) in [6, 6.07) is 28.0. The van der Waals surface area contributed by atoms with E-state index in [1.807, 2.05) is 36.4 Å². The van der Waals surface area contributed by atoms with Crippen molar-refractivity contribution in [1.29, 1.82) is 0 Å². The lowest BCUT2D eigenvalue weighted by molar-refractivity contribution is -0.107. The third-order valence-corrected chi connectivity index (χ3v) is 7.03. The van der Waals surface area contributed by atoms with Crippen LogP contribution in [0.4, 0.5) is 22.7 Å². The zero-order chi connectivity index (χ0) is 30.3. The molecule has 5 aromatic rings. The van der Waals surface area contributed by atoms with E-state index in [9.17, 15) is 19.8 Å². The van der Waals surface area contributed by atoms with Gasteiger partial charge in [-0.25, -0.2) is 0 Å². The van der Waals surface area contributed by atoms with Crippen molar-refractivity contribution < 1.29 is 24.5 Å². The number of amides is 2. The summed E-state index contributed by atoms with van der Waals surface area (Å²) in [6.45, 7) is -0.0317. The van der Waals surface area contributed by atoms with E-state index in [-0.39, 0.29) is 30.2 Å². The van der Waals surface area contributed by atoms with Crippen LogP contribution in [0.1, 0.15) is 21.5 Å². The molecule has 3 N–H and O–H groups in total. The Bertz CT molecular complexity index is 1830. The number of ether oxygens (including phenoxy) is 1. The smallest absolute Gasteiger partial charge is 0.259 e. The first-order valence-electron chi connectivity index (χ1n) is 13.2. The van der Waals surface area contributed by atoms with Gasteiger partial charge in [-0.2, -0.15) is 0 Å². The average Bonchev–Trinajstić information content (AvgIpc) is 3.03. The predicted molar refractivity (Wildman–Crippen MR) is 167 cm³/mol. The molecule has 5 aromatic carbocycles. The molecule has 0 atom stereocenters. The largest absolute Gasteiger partial charge is 0.505 e. The van der Waals surface area contributed by atoms with Crippen molar-refractivity contribution in [3.05, 3.63) is 119 Å². The quantitative estimate of drug-likeness (QED) is 0.114. The molecule has 0 aliphatic rings. The minimum atomic E-state index is -0.619. The van der Waals surface area contributed by atoms with Gasteiger partial charge >= 0.3 is 0 Å². The Morgan fingerprint density at radius 3 is 2.49 bits per heavy atom. The van der Waals surface area contributed by atoms with Gasteiger partial charge in [0.2, 0.25) is 6.41 Å². The van der Waals surface area contributed by atoms with Crippen LogP contribution in [0, 0.1) is 0 Å². The number of benzene rings is 5. The maximum atomic E-state index is 13.4. The number of carbonyl (C=O) groups excluding carboxylic acids is 2. The number of para-hydroxylation sites is 1. The first-order chi connectivity index (χ1) is 20.9. The van der Waals surface area contributed by atoms with Crippen LogP contribution < -0.4 is 15.0 Å². The molecule has 0 saturated carbocycles. The molecule has 10 heteroatoms. The van der Waals surface area contributed by atoms with E-state index in [1.54, 1.807) is 59.5 Å². The van der Waals surface area contributed by atoms with Gasteiger partial charge in [0.25, 0.3) is 5.91 Å². The van der Waals surface area contributed by atoms with E-state index in [4.69, 9.17) is 16.3 Å². The van der Waals surface area contributed by atoms with Crippen LogP contribution in [0.25, 0.3) is 10.8 Å². The summed E-state index contributed by atoms with van der Waals surface area (Å²) >= 11 is 6.10. The van der Waals surface area contributed by atoms with Gasteiger partial charge in [-0.15, -0.1) is 10.2 Å². The molecule has 0 aliphatic carbocycles. The second-order valence-electron chi connectivity index (χ2n) is 9.53. The number of azo groups is 1. The van der Waals surface area contributed by atoms with Crippen molar-refractivity contribution in [2.75, 3.05) is 17.3 Å². The number of methoxy groups -OCH3 is 1. The maximum Gasteiger partial charge on any atom is 0.259 e. The lowest BCUT2D eigenvalue weighted by Gasteiger charge is -2.18. The van der Waals surface area contributed by atoms with Crippen LogP contribution in [-0.4, -0.2) is 29.6 Å². The van der Waals surface area contributed by atoms with Crippen molar-refractivity contribution in [1.82, 2.24) is 0 Å². The van der Waals surface area contributed by atoms with E-state index in [0.717, 1.165) is 17.7 Å². The number of aromatic hydroxyl groups is 1. The molecule has 0 fully saturated rings. The zero-order valence-corrected chi connectivity index (χ0v) is 23.8. The Labute approximate surface area is 252 Å². The topological polar surface area (TPSA) is 124 Å². The lowest BCUT2D eigenvalue weighted by Crippen LogP contribution is -2.20. The number of rotatable bonds is 10. The molecule has 0 radical (unpaired) electrons. The molecule has 5 rings (SSSR count). The number of fused-ring (bicyclic) bond motifs is 1. The molecule has 0 unspecified atom stereocenters. The monoisotopic (exact) mass is 594 g/mol. The van der Waals surface area contributed by atoms with Gasteiger partial charge < -0.3 is 25.2 Å². The second kappa shape index (κ2) is 13.2. The molecule has 9 nitrogen and oxygen atoms in total. The Morgan fingerprint density at radius 1 is 0.977 bits per heavy atom. The number of hydrogen-bond acceptors (Lipinski definition) is 7. The summed E-state index contributed by atoms with van der Waals surface area (Å²) in [5.74, 6) is -0.565. The Balaban J connectivity index is 1.52. The number of aliphatic hydroxyl groups excluding tert-OH is 1. The highest BCUT2D eigenvalue weighted by Crippen LogP contribution is 2.41. The summed E-state index contributed by atoms with van der Waals surface area (Å²) in [5.41, 5.74) is 2.71. The van der Waals surface area contributed by atoms with Crippen LogP contribution in [0.5, 0.6) is 11.5 Å². The number of halogens is 1. The highest BCUT2D eigenvalue weighted by Gasteiger charge is 2.20. The summed E-state index contributed by atoms with van der Waals surface area (Å²) < 4.78 is 5.49. The fraction of sp³-hybridized carbons (Fsp3) is 0.0909. The van der Waals surface area contributed by atoms with Crippen LogP contribution >= 0.6 is 11.6 Å². The summed E-state index contributed by atoms with van der Waals surface area (Å²) in [6.07, 6.45) is 0.758. The fourth-order valence-electron chi connectivity index (χ4n) is 4.61. The lowest BCUT2D eigenvalue weighted by atomic mass is 10.0. The molecule has 0 heterocycles. The SMILES string of the molecule is COc1ccc(CN(C=O)c2ccccc2)cc1N=Nc1c(O)c(C(=O)Nc2cc(Cl)ccc2CO)cc2ccccc12. The number of hydrogen-bond donors (Lipinski definition) is 3. The maximum absolute atomic E-state index is 13.4. The summed E-state index contributed by atoms with van der Waals surface area (Å²) in [4.78, 5) is 26.7. The van der Waals surface area contributed by atoms with E-state index in [1.165, 1.54) is 13.2 Å². The molecule has 43 heavy (non-hydrogen) atoms. The number of anilines is 2. The van der Waals surface area contributed by atoms with Crippen molar-refractivity contribution >= 4 is 57.4 Å². The van der Waals surface area contributed by atoms with Crippen LogP contribution in [0.15, 0.2) is 107 Å². The first kappa shape index (κ1) is 29.2. The minimum absolute atomic E-state index is 0.0401. The predicted octanol–water partition coefficient (Wildman–Crippen LogP) is 7.53. The molecule has 2 amide bonds. The van der Waals surface area contributed by atoms with Gasteiger partial charge in [0.05, 0.1) is 25.8 Å².